The summed E-state index contributed by atoms with van der Waals surface area (Å²) < 4.78 is 9.61. The highest BCUT2D eigenvalue weighted by Gasteiger charge is 2.03. The summed E-state index contributed by atoms with van der Waals surface area (Å²) in [4.78, 5) is 13.8. The van der Waals surface area contributed by atoms with Crippen molar-refractivity contribution >= 4 is 6.29 Å². The van der Waals surface area contributed by atoms with Gasteiger partial charge in [0, 0.05) is 6.61 Å². The highest BCUT2D eigenvalue weighted by molar-refractivity contribution is 5.68. The van der Waals surface area contributed by atoms with Crippen LogP contribution in [0.5, 0.6) is 0 Å². The Morgan fingerprint density at radius 3 is 3.09 bits per heavy atom. The van der Waals surface area contributed by atoms with Crippen LogP contribution in [0.1, 0.15) is 23.4 Å². The van der Waals surface area contributed by atoms with E-state index in [1.165, 1.54) is 0 Å². The van der Waals surface area contributed by atoms with E-state index in [1.807, 2.05) is 6.92 Å². The van der Waals surface area contributed by atoms with Gasteiger partial charge < -0.3 is 9.26 Å². The monoisotopic (exact) mass is 156 g/mol. The Labute approximate surface area is 63.4 Å². The van der Waals surface area contributed by atoms with E-state index >= 15 is 0 Å². The van der Waals surface area contributed by atoms with E-state index < -0.39 is 0 Å². The molecule has 1 aromatic rings. The molecule has 0 fully saturated rings. The van der Waals surface area contributed by atoms with Gasteiger partial charge >= 0.3 is 0 Å². The third-order valence-corrected chi connectivity index (χ3v) is 1.02. The molecule has 0 aliphatic carbocycles. The lowest BCUT2D eigenvalue weighted by Crippen LogP contribution is -1.92. The lowest BCUT2D eigenvalue weighted by molar-refractivity contribution is 0.108. The van der Waals surface area contributed by atoms with Gasteiger partial charge in [0.25, 0.3) is 5.89 Å². The summed E-state index contributed by atoms with van der Waals surface area (Å²) in [6.45, 7) is 2.70. The number of aromatic nitrogens is 2. The number of hydrogen-bond donors (Lipinski definition) is 0. The third kappa shape index (κ3) is 2.12. The van der Waals surface area contributed by atoms with Gasteiger partial charge in [0.1, 0.15) is 6.61 Å². The van der Waals surface area contributed by atoms with Crippen molar-refractivity contribution in [1.29, 1.82) is 0 Å². The van der Waals surface area contributed by atoms with Crippen LogP contribution in [0.3, 0.4) is 0 Å². The molecular formula is C6H8N2O3. The molecule has 0 unspecified atom stereocenters. The Hall–Kier alpha value is -1.23. The minimum Gasteiger partial charge on any atom is -0.372 e. The second kappa shape index (κ2) is 3.82. The zero-order chi connectivity index (χ0) is 8.10. The first-order valence-electron chi connectivity index (χ1n) is 3.22. The van der Waals surface area contributed by atoms with Crippen molar-refractivity contribution in [2.75, 3.05) is 6.61 Å². The molecule has 0 bridgehead atoms. The van der Waals surface area contributed by atoms with E-state index in [0.29, 0.717) is 18.8 Å². The van der Waals surface area contributed by atoms with E-state index in [2.05, 4.69) is 14.7 Å². The van der Waals surface area contributed by atoms with Gasteiger partial charge in [0.05, 0.1) is 0 Å². The summed E-state index contributed by atoms with van der Waals surface area (Å²) in [5.74, 6) is 0.383. The molecule has 0 aliphatic rings. The van der Waals surface area contributed by atoms with E-state index in [9.17, 15) is 4.79 Å². The molecular weight excluding hydrogens is 148 g/mol. The summed E-state index contributed by atoms with van der Waals surface area (Å²) in [6.07, 6.45) is 0.527. The van der Waals surface area contributed by atoms with Crippen LogP contribution in [0.25, 0.3) is 0 Å². The number of rotatable bonds is 4. The van der Waals surface area contributed by atoms with Crippen LogP contribution in [0.2, 0.25) is 0 Å². The highest BCUT2D eigenvalue weighted by Crippen LogP contribution is 1.96. The number of aldehydes is 1. The maximum absolute atomic E-state index is 10.1. The Morgan fingerprint density at radius 1 is 1.73 bits per heavy atom. The zero-order valence-electron chi connectivity index (χ0n) is 6.11. The smallest absolute Gasteiger partial charge is 0.253 e. The second-order valence-corrected chi connectivity index (χ2v) is 1.80. The Kier molecular flexibility index (Phi) is 2.74. The number of ether oxygens (including phenoxy) is 1. The van der Waals surface area contributed by atoms with Crippen LogP contribution >= 0.6 is 0 Å². The maximum atomic E-state index is 10.1. The lowest BCUT2D eigenvalue weighted by Gasteiger charge is -1.91. The predicted molar refractivity (Wildman–Crippen MR) is 35.0 cm³/mol. The van der Waals surface area contributed by atoms with Gasteiger partial charge in [-0.25, -0.2) is 0 Å². The van der Waals surface area contributed by atoms with E-state index in [-0.39, 0.29) is 12.4 Å². The Bertz CT molecular complexity index is 233. The molecule has 1 heterocycles. The van der Waals surface area contributed by atoms with Crippen LogP contribution in [0.4, 0.5) is 0 Å². The minimum atomic E-state index is 0.0553. The van der Waals surface area contributed by atoms with Crippen molar-refractivity contribution < 1.29 is 14.1 Å². The fourth-order valence-corrected chi connectivity index (χ4v) is 0.564. The molecule has 0 aliphatic heterocycles. The molecule has 5 heteroatoms. The minimum absolute atomic E-state index is 0.0553. The van der Waals surface area contributed by atoms with Crippen LogP contribution in [-0.4, -0.2) is 23.0 Å². The van der Waals surface area contributed by atoms with Crippen molar-refractivity contribution in [1.82, 2.24) is 10.1 Å². The summed E-state index contributed by atoms with van der Waals surface area (Å²) in [7, 11) is 0. The number of carbonyl (C=O) groups excluding carboxylic acids is 1. The summed E-state index contributed by atoms with van der Waals surface area (Å²) >= 11 is 0. The first-order chi connectivity index (χ1) is 5.36. The van der Waals surface area contributed by atoms with Crippen molar-refractivity contribution in [3.05, 3.63) is 11.7 Å². The molecule has 0 saturated heterocycles. The van der Waals surface area contributed by atoms with Gasteiger partial charge in [0.2, 0.25) is 5.82 Å². The van der Waals surface area contributed by atoms with Gasteiger partial charge in [-0.3, -0.25) is 4.79 Å². The molecule has 0 aromatic carbocycles. The molecule has 0 atom stereocenters. The molecule has 11 heavy (non-hydrogen) atoms. The number of hydrogen-bond acceptors (Lipinski definition) is 5. The van der Waals surface area contributed by atoms with Crippen LogP contribution in [-0.2, 0) is 11.3 Å². The topological polar surface area (TPSA) is 65.2 Å². The quantitative estimate of drug-likeness (QED) is 0.591. The molecule has 5 nitrogen and oxygen atoms in total. The molecule has 0 saturated carbocycles. The largest absolute Gasteiger partial charge is 0.372 e. The molecule has 0 spiro atoms. The van der Waals surface area contributed by atoms with Gasteiger partial charge in [-0.2, -0.15) is 4.98 Å². The van der Waals surface area contributed by atoms with Crippen LogP contribution in [0.15, 0.2) is 4.52 Å². The summed E-state index contributed by atoms with van der Waals surface area (Å²) in [5, 5.41) is 3.35. The molecule has 1 aromatic heterocycles. The van der Waals surface area contributed by atoms with E-state index in [1.54, 1.807) is 0 Å². The zero-order valence-corrected chi connectivity index (χ0v) is 6.11. The second-order valence-electron chi connectivity index (χ2n) is 1.80. The molecule has 60 valence electrons. The molecule has 0 N–H and O–H groups in total. The van der Waals surface area contributed by atoms with Gasteiger partial charge in [-0.05, 0) is 6.92 Å². The summed E-state index contributed by atoms with van der Waals surface area (Å²) in [5.41, 5.74) is 0. The van der Waals surface area contributed by atoms with Gasteiger partial charge in [-0.15, -0.1) is 0 Å². The first kappa shape index (κ1) is 7.87. The normalized spacial score (nSPS) is 9.91. The van der Waals surface area contributed by atoms with Crippen molar-refractivity contribution in [3.63, 3.8) is 0 Å². The third-order valence-electron chi connectivity index (χ3n) is 1.02. The average Bonchev–Trinajstić information content (AvgIpc) is 2.48. The number of nitrogens with zero attached hydrogens (tertiary/aromatic N) is 2. The van der Waals surface area contributed by atoms with Crippen LogP contribution in [0, 0.1) is 0 Å². The molecule has 0 amide bonds. The van der Waals surface area contributed by atoms with Gasteiger partial charge in [-0.1, -0.05) is 5.16 Å². The number of carbonyl (C=O) groups is 1. The highest BCUT2D eigenvalue weighted by atomic mass is 16.5. The fourth-order valence-electron chi connectivity index (χ4n) is 0.564. The van der Waals surface area contributed by atoms with E-state index in [4.69, 9.17) is 4.74 Å². The molecule has 1 rings (SSSR count). The standard InChI is InChI=1S/C6H8N2O3/c1-2-10-4-6-7-5(3-9)8-11-6/h3H,2,4H2,1H3. The summed E-state index contributed by atoms with van der Waals surface area (Å²) in [6, 6.07) is 0. The van der Waals surface area contributed by atoms with E-state index in [0.717, 1.165) is 0 Å². The van der Waals surface area contributed by atoms with Crippen molar-refractivity contribution in [3.8, 4) is 0 Å². The average molecular weight is 156 g/mol. The maximum Gasteiger partial charge on any atom is 0.253 e. The first-order valence-corrected chi connectivity index (χ1v) is 3.22. The lowest BCUT2D eigenvalue weighted by atomic mass is 10.6. The SMILES string of the molecule is CCOCc1nc(C=O)no1. The van der Waals surface area contributed by atoms with Crippen molar-refractivity contribution in [2.45, 2.75) is 13.5 Å². The fraction of sp³-hybridized carbons (Fsp3) is 0.500. The Morgan fingerprint density at radius 2 is 2.55 bits per heavy atom. The predicted octanol–water partition coefficient (Wildman–Crippen LogP) is 0.419. The Balaban J connectivity index is 2.51. The van der Waals surface area contributed by atoms with Crippen LogP contribution < -0.4 is 0 Å². The molecule has 0 radical (unpaired) electrons. The van der Waals surface area contributed by atoms with Gasteiger partial charge in [0.15, 0.2) is 6.29 Å². The van der Waals surface area contributed by atoms with Crippen molar-refractivity contribution in [2.24, 2.45) is 0 Å².